The fourth-order valence-electron chi connectivity index (χ4n) is 5.13. The third kappa shape index (κ3) is 10.3. The van der Waals surface area contributed by atoms with E-state index in [4.69, 9.17) is 42.5 Å². The smallest absolute Gasteiger partial charge is 0.481 e. The van der Waals surface area contributed by atoms with Crippen LogP contribution in [-0.4, -0.2) is 88.0 Å². The van der Waals surface area contributed by atoms with E-state index in [0.717, 1.165) is 23.4 Å². The van der Waals surface area contributed by atoms with Crippen molar-refractivity contribution in [3.63, 3.8) is 0 Å². The minimum atomic E-state index is -6.71. The number of carbonyl (C=O) groups excluding carboxylic acids is 3. The molecule has 1 fully saturated rings. The average Bonchev–Trinajstić information content (AvgIpc) is 3.75. The van der Waals surface area contributed by atoms with Crippen molar-refractivity contribution in [2.75, 3.05) is 19.9 Å². The van der Waals surface area contributed by atoms with Crippen molar-refractivity contribution in [1.29, 1.82) is 5.26 Å². The van der Waals surface area contributed by atoms with Gasteiger partial charge in [0.05, 0.1) is 27.9 Å². The van der Waals surface area contributed by atoms with Gasteiger partial charge in [-0.1, -0.05) is 29.3 Å². The molecular formula is C33H24Cl2F10N4O9. The van der Waals surface area contributed by atoms with E-state index in [2.05, 4.69) is 9.84 Å². The molecule has 4 rings (SSSR count). The molecule has 0 unspecified atom stereocenters. The highest BCUT2D eigenvalue weighted by atomic mass is 35.5. The molecule has 0 radical (unpaired) electrons. The van der Waals surface area contributed by atoms with Crippen LogP contribution < -0.4 is 4.74 Å². The summed E-state index contributed by atoms with van der Waals surface area (Å²) in [4.78, 5) is 49.0. The molecule has 58 heavy (non-hydrogen) atoms. The molecule has 1 saturated carbocycles. The van der Waals surface area contributed by atoms with Crippen LogP contribution in [0.1, 0.15) is 48.0 Å². The Labute approximate surface area is 328 Å². The van der Waals surface area contributed by atoms with Crippen molar-refractivity contribution in [2.24, 2.45) is 0 Å². The number of hydrogen-bond acceptors (Lipinski definition) is 10. The van der Waals surface area contributed by atoms with Crippen molar-refractivity contribution in [1.82, 2.24) is 14.7 Å². The molecule has 0 saturated heterocycles. The Morgan fingerprint density at radius 1 is 0.879 bits per heavy atom. The molecule has 3 aromatic rings. The van der Waals surface area contributed by atoms with Crippen molar-refractivity contribution < 1.29 is 87.1 Å². The predicted molar refractivity (Wildman–Crippen MR) is 174 cm³/mol. The molecule has 0 bridgehead atoms. The number of aliphatic carboxylic acids is 1. The van der Waals surface area contributed by atoms with E-state index in [0.29, 0.717) is 4.68 Å². The molecule has 1 amide bonds. The number of benzene rings is 2. The first-order chi connectivity index (χ1) is 26.8. The van der Waals surface area contributed by atoms with Gasteiger partial charge in [-0.2, -0.15) is 36.7 Å². The van der Waals surface area contributed by atoms with E-state index >= 15 is 0 Å². The third-order valence-corrected chi connectivity index (χ3v) is 8.74. The van der Waals surface area contributed by atoms with Gasteiger partial charge in [-0.3, -0.25) is 19.3 Å². The van der Waals surface area contributed by atoms with E-state index in [9.17, 15) is 68.3 Å². The summed E-state index contributed by atoms with van der Waals surface area (Å²) in [5.74, 6) is -4.66. The maximum absolute atomic E-state index is 14.8. The molecule has 0 atom stereocenters. The van der Waals surface area contributed by atoms with Gasteiger partial charge in [0.15, 0.2) is 12.5 Å². The number of hydrogen-bond donors (Lipinski definition) is 1. The SMILES string of the molecule is N#CC1(N(COC(=O)OCCOC(=O)CCCC(=O)O)C(=O)c2cc(-c3cnn(-c4c(Cl)cc(C(F)(C(F)(F)F)C(F)(F)F)cc4OC(F)(F)F)c3)ccc2Cl)CC1. The summed E-state index contributed by atoms with van der Waals surface area (Å²) >= 11 is 12.2. The van der Waals surface area contributed by atoms with E-state index in [1.54, 1.807) is 0 Å². The first kappa shape index (κ1) is 45.2. The van der Waals surface area contributed by atoms with Gasteiger partial charge in [-0.25, -0.2) is 13.9 Å². The van der Waals surface area contributed by atoms with Crippen LogP contribution in [0.2, 0.25) is 10.0 Å². The highest BCUT2D eigenvalue weighted by molar-refractivity contribution is 6.34. The lowest BCUT2D eigenvalue weighted by Gasteiger charge is -2.31. The molecule has 314 valence electrons. The number of ether oxygens (including phenoxy) is 4. The van der Waals surface area contributed by atoms with Crippen LogP contribution in [0, 0.1) is 11.3 Å². The summed E-state index contributed by atoms with van der Waals surface area (Å²) in [5.41, 5.74) is -11.5. The summed E-state index contributed by atoms with van der Waals surface area (Å²) in [6.07, 6.45) is -18.9. The standard InChI is InChI=1S/C33H24Cl2F10N4O9/c34-21-5-4-17(10-20(21)27(53)48(29(15-46)6-7-29)16-57-28(54)56-9-8-55-25(52)3-1-2-24(50)51)18-13-47-49(14-18)26-22(35)11-19(12-23(26)58-33(43,44)45)30(36,31(37,38)39)32(40,41)42/h4-5,10-14H,1-3,6-9,16H2,(H,50,51). The Bertz CT molecular complexity index is 2080. The topological polar surface area (TPSA) is 170 Å². The van der Waals surface area contributed by atoms with Crippen LogP contribution in [0.25, 0.3) is 16.8 Å². The maximum atomic E-state index is 14.8. The second-order valence-electron chi connectivity index (χ2n) is 12.1. The number of aromatic nitrogens is 2. The molecular weight excluding hydrogens is 857 g/mol. The predicted octanol–water partition coefficient (Wildman–Crippen LogP) is 8.44. The maximum Gasteiger partial charge on any atom is 0.573 e. The van der Waals surface area contributed by atoms with Crippen LogP contribution in [0.5, 0.6) is 5.75 Å². The van der Waals surface area contributed by atoms with E-state index < -0.39 is 102 Å². The summed E-state index contributed by atoms with van der Waals surface area (Å²) < 4.78 is 154. The molecule has 2 aromatic carbocycles. The average molecular weight is 881 g/mol. The Kier molecular flexibility index (Phi) is 13.4. The monoisotopic (exact) mass is 880 g/mol. The molecule has 1 aliphatic rings. The van der Waals surface area contributed by atoms with Crippen LogP contribution >= 0.6 is 23.2 Å². The first-order valence-electron chi connectivity index (χ1n) is 16.0. The second kappa shape index (κ2) is 17.2. The van der Waals surface area contributed by atoms with Gasteiger partial charge < -0.3 is 24.1 Å². The van der Waals surface area contributed by atoms with Crippen LogP contribution in [0.3, 0.4) is 0 Å². The molecule has 0 spiro atoms. The van der Waals surface area contributed by atoms with Crippen LogP contribution in [0.15, 0.2) is 42.7 Å². The highest BCUT2D eigenvalue weighted by Crippen LogP contribution is 2.55. The van der Waals surface area contributed by atoms with Gasteiger partial charge >= 0.3 is 42.5 Å². The van der Waals surface area contributed by atoms with Crippen LogP contribution in [0.4, 0.5) is 48.7 Å². The second-order valence-corrected chi connectivity index (χ2v) is 12.9. The van der Waals surface area contributed by atoms with E-state index in [-0.39, 0.29) is 59.9 Å². The van der Waals surface area contributed by atoms with Crippen molar-refractivity contribution in [3.8, 4) is 28.6 Å². The van der Waals surface area contributed by atoms with Crippen molar-refractivity contribution in [3.05, 3.63) is 63.9 Å². The van der Waals surface area contributed by atoms with Gasteiger partial charge in [0, 0.05) is 30.2 Å². The Morgan fingerprint density at radius 3 is 2.09 bits per heavy atom. The van der Waals surface area contributed by atoms with Crippen molar-refractivity contribution in [2.45, 2.75) is 62.0 Å². The zero-order chi connectivity index (χ0) is 43.4. The minimum Gasteiger partial charge on any atom is -0.481 e. The number of rotatable bonds is 15. The normalized spacial score (nSPS) is 13.9. The van der Waals surface area contributed by atoms with Gasteiger partial charge in [0.25, 0.3) is 5.91 Å². The summed E-state index contributed by atoms with van der Waals surface area (Å²) in [7, 11) is 0. The van der Waals surface area contributed by atoms with Crippen molar-refractivity contribution >= 4 is 47.2 Å². The number of halogens is 12. The Hall–Kier alpha value is -5.50. The highest BCUT2D eigenvalue weighted by Gasteiger charge is 2.73. The van der Waals surface area contributed by atoms with Gasteiger partial charge in [-0.05, 0) is 49.1 Å². The van der Waals surface area contributed by atoms with Gasteiger partial charge in [-0.15, -0.1) is 13.2 Å². The summed E-state index contributed by atoms with van der Waals surface area (Å²) in [6, 6.07) is 4.79. The Morgan fingerprint density at radius 2 is 1.52 bits per heavy atom. The zero-order valence-electron chi connectivity index (χ0n) is 28.7. The molecule has 1 N–H and O–H groups in total. The number of nitriles is 1. The van der Waals surface area contributed by atoms with Gasteiger partial charge in [0.2, 0.25) is 0 Å². The number of alkyl halides is 10. The molecule has 13 nitrogen and oxygen atoms in total. The number of carbonyl (C=O) groups is 4. The first-order valence-corrected chi connectivity index (χ1v) is 16.8. The third-order valence-electron chi connectivity index (χ3n) is 8.12. The molecule has 1 heterocycles. The fraction of sp³-hybridized carbons (Fsp3) is 0.394. The zero-order valence-corrected chi connectivity index (χ0v) is 30.2. The van der Waals surface area contributed by atoms with Crippen LogP contribution in [-0.2, 0) is 29.5 Å². The molecule has 1 aromatic heterocycles. The lowest BCUT2D eigenvalue weighted by molar-refractivity contribution is -0.348. The van der Waals surface area contributed by atoms with Gasteiger partial charge in [0.1, 0.15) is 24.4 Å². The summed E-state index contributed by atoms with van der Waals surface area (Å²) in [6.45, 7) is -1.79. The molecule has 1 aliphatic carbocycles. The minimum absolute atomic E-state index is 0.0140. The van der Waals surface area contributed by atoms with E-state index in [1.807, 2.05) is 6.07 Å². The number of esters is 1. The lowest BCUT2D eigenvalue weighted by atomic mass is 9.93. The lowest BCUT2D eigenvalue weighted by Crippen LogP contribution is -2.50. The summed E-state index contributed by atoms with van der Waals surface area (Å²) in [5, 5.41) is 20.7. The fourth-order valence-corrected chi connectivity index (χ4v) is 5.62. The number of carboxylic acid groups (broad SMARTS) is 1. The quantitative estimate of drug-likeness (QED) is 0.0673. The number of nitrogens with zero attached hydrogens (tertiary/aromatic N) is 4. The Balaban J connectivity index is 1.58. The molecule has 0 aliphatic heterocycles. The number of amides is 1. The number of carboxylic acids is 1. The largest absolute Gasteiger partial charge is 0.573 e. The molecule has 25 heteroatoms. The van der Waals surface area contributed by atoms with E-state index in [1.165, 1.54) is 12.1 Å².